The number of hydrogen-bond acceptors (Lipinski definition) is 7. The van der Waals surface area contributed by atoms with Crippen molar-refractivity contribution in [2.75, 3.05) is 33.2 Å². The molecule has 1 aliphatic heterocycles. The number of piperazine rings is 1. The largest absolute Gasteiger partial charge is 0.304 e. The lowest BCUT2D eigenvalue weighted by Gasteiger charge is -2.31. The van der Waals surface area contributed by atoms with Crippen molar-refractivity contribution in [3.05, 3.63) is 58.3 Å². The fraction of sp³-hybridized carbons (Fsp3) is 0.389. The van der Waals surface area contributed by atoms with Gasteiger partial charge in [-0.1, -0.05) is 23.9 Å². The van der Waals surface area contributed by atoms with E-state index in [1.807, 2.05) is 20.0 Å². The van der Waals surface area contributed by atoms with Gasteiger partial charge in [-0.05, 0) is 31.7 Å². The molecule has 0 aliphatic carbocycles. The summed E-state index contributed by atoms with van der Waals surface area (Å²) in [5.41, 5.74) is 0.863. The number of aromatic nitrogens is 1. The molecular formula is C18H22N4O4S2. The van der Waals surface area contributed by atoms with Gasteiger partial charge >= 0.3 is 0 Å². The topological polar surface area (TPSA) is 96.7 Å². The first kappa shape index (κ1) is 20.7. The molecule has 1 saturated heterocycles. The Kier molecular flexibility index (Phi) is 6.33. The SMILES string of the molecule is C[C@@H](Sc1ccc(S(=O)(=O)N2CCN(C)CC2)cn1)c1cccc([N+](=O)[O-])c1. The van der Waals surface area contributed by atoms with Gasteiger partial charge in [-0.3, -0.25) is 10.1 Å². The van der Waals surface area contributed by atoms with Gasteiger partial charge in [0.2, 0.25) is 10.0 Å². The number of sulfonamides is 1. The molecule has 2 aromatic rings. The lowest BCUT2D eigenvalue weighted by atomic mass is 10.1. The Bertz CT molecular complexity index is 942. The van der Waals surface area contributed by atoms with Crippen LogP contribution >= 0.6 is 11.8 Å². The van der Waals surface area contributed by atoms with Crippen molar-refractivity contribution in [1.29, 1.82) is 0 Å². The fourth-order valence-corrected chi connectivity index (χ4v) is 5.18. The van der Waals surface area contributed by atoms with Crippen molar-refractivity contribution in [1.82, 2.24) is 14.2 Å². The number of benzene rings is 1. The Balaban J connectivity index is 1.70. The van der Waals surface area contributed by atoms with E-state index >= 15 is 0 Å². The smallest absolute Gasteiger partial charge is 0.269 e. The van der Waals surface area contributed by atoms with Crippen molar-refractivity contribution in [2.45, 2.75) is 22.1 Å². The molecule has 0 saturated carbocycles. The molecule has 1 aliphatic rings. The molecule has 1 fully saturated rings. The number of rotatable bonds is 6. The second kappa shape index (κ2) is 8.56. The summed E-state index contributed by atoms with van der Waals surface area (Å²) >= 11 is 1.42. The highest BCUT2D eigenvalue weighted by Crippen LogP contribution is 2.35. The monoisotopic (exact) mass is 422 g/mol. The molecule has 1 atom stereocenters. The van der Waals surface area contributed by atoms with Crippen LogP contribution in [-0.2, 0) is 10.0 Å². The van der Waals surface area contributed by atoms with Crippen LogP contribution in [0, 0.1) is 10.1 Å². The maximum Gasteiger partial charge on any atom is 0.269 e. The molecule has 3 rings (SSSR count). The van der Waals surface area contributed by atoms with E-state index in [9.17, 15) is 18.5 Å². The highest BCUT2D eigenvalue weighted by molar-refractivity contribution is 7.99. The van der Waals surface area contributed by atoms with E-state index in [-0.39, 0.29) is 15.8 Å². The van der Waals surface area contributed by atoms with Gasteiger partial charge in [-0.15, -0.1) is 0 Å². The summed E-state index contributed by atoms with van der Waals surface area (Å²) in [6.45, 7) is 4.29. The van der Waals surface area contributed by atoms with Gasteiger partial charge in [0.15, 0.2) is 0 Å². The van der Waals surface area contributed by atoms with Crippen LogP contribution in [0.4, 0.5) is 5.69 Å². The molecule has 28 heavy (non-hydrogen) atoms. The van der Waals surface area contributed by atoms with Crippen molar-refractivity contribution in [3.8, 4) is 0 Å². The van der Waals surface area contributed by atoms with Crippen molar-refractivity contribution in [2.24, 2.45) is 0 Å². The minimum absolute atomic E-state index is 0.0477. The predicted molar refractivity (Wildman–Crippen MR) is 108 cm³/mol. The number of thioether (sulfide) groups is 1. The molecule has 0 radical (unpaired) electrons. The van der Waals surface area contributed by atoms with Gasteiger partial charge in [0.25, 0.3) is 5.69 Å². The molecule has 1 aromatic heterocycles. The number of likely N-dealkylation sites (N-methyl/N-ethyl adjacent to an activating group) is 1. The Morgan fingerprint density at radius 3 is 2.50 bits per heavy atom. The zero-order valence-corrected chi connectivity index (χ0v) is 17.3. The maximum absolute atomic E-state index is 12.7. The highest BCUT2D eigenvalue weighted by Gasteiger charge is 2.27. The summed E-state index contributed by atoms with van der Waals surface area (Å²) in [5.74, 6) is 0. The number of hydrogen-bond donors (Lipinski definition) is 0. The normalized spacial score (nSPS) is 17.4. The van der Waals surface area contributed by atoms with E-state index in [1.165, 1.54) is 28.3 Å². The second-order valence-corrected chi connectivity index (χ2v) is 9.95. The number of non-ortho nitro benzene ring substituents is 1. The lowest BCUT2D eigenvalue weighted by molar-refractivity contribution is -0.384. The molecule has 8 nitrogen and oxygen atoms in total. The molecule has 2 heterocycles. The number of nitrogens with zero attached hydrogens (tertiary/aromatic N) is 4. The van der Waals surface area contributed by atoms with Crippen molar-refractivity contribution < 1.29 is 13.3 Å². The zero-order chi connectivity index (χ0) is 20.3. The number of nitro groups is 1. The Hall–Kier alpha value is -2.01. The lowest BCUT2D eigenvalue weighted by Crippen LogP contribution is -2.47. The summed E-state index contributed by atoms with van der Waals surface area (Å²) < 4.78 is 27.0. The Morgan fingerprint density at radius 2 is 1.89 bits per heavy atom. The first-order valence-corrected chi connectivity index (χ1v) is 11.1. The first-order valence-electron chi connectivity index (χ1n) is 8.83. The van der Waals surface area contributed by atoms with E-state index in [4.69, 9.17) is 0 Å². The van der Waals surface area contributed by atoms with Crippen LogP contribution in [0.5, 0.6) is 0 Å². The third-order valence-corrected chi connectivity index (χ3v) is 7.65. The third-order valence-electron chi connectivity index (χ3n) is 4.66. The van der Waals surface area contributed by atoms with Crippen molar-refractivity contribution >= 4 is 27.5 Å². The van der Waals surface area contributed by atoms with Crippen LogP contribution < -0.4 is 0 Å². The van der Waals surface area contributed by atoms with Crippen molar-refractivity contribution in [3.63, 3.8) is 0 Å². The summed E-state index contributed by atoms with van der Waals surface area (Å²) in [6.07, 6.45) is 1.39. The number of nitro benzene ring substituents is 1. The minimum Gasteiger partial charge on any atom is -0.304 e. The average Bonchev–Trinajstić information content (AvgIpc) is 2.69. The third kappa shape index (κ3) is 4.69. The Labute approximate surface area is 168 Å². The summed E-state index contributed by atoms with van der Waals surface area (Å²) in [4.78, 5) is 17.1. The highest BCUT2D eigenvalue weighted by atomic mass is 32.2. The minimum atomic E-state index is -3.54. The van der Waals surface area contributed by atoms with Gasteiger partial charge in [-0.25, -0.2) is 13.4 Å². The van der Waals surface area contributed by atoms with Crippen LogP contribution in [0.3, 0.4) is 0 Å². The van der Waals surface area contributed by atoms with Crippen LogP contribution in [0.15, 0.2) is 52.5 Å². The molecule has 0 amide bonds. The molecule has 1 aromatic carbocycles. The van der Waals surface area contributed by atoms with E-state index in [0.717, 1.165) is 5.56 Å². The molecule has 0 unspecified atom stereocenters. The summed E-state index contributed by atoms with van der Waals surface area (Å²) in [6, 6.07) is 9.74. The van der Waals surface area contributed by atoms with Gasteiger partial charge in [0.05, 0.1) is 9.95 Å². The fourth-order valence-electron chi connectivity index (χ4n) is 2.91. The summed E-state index contributed by atoms with van der Waals surface area (Å²) in [5, 5.41) is 11.5. The Morgan fingerprint density at radius 1 is 1.18 bits per heavy atom. The van der Waals surface area contributed by atoms with Crippen LogP contribution in [0.2, 0.25) is 0 Å². The van der Waals surface area contributed by atoms with Crippen LogP contribution in [0.1, 0.15) is 17.7 Å². The van der Waals surface area contributed by atoms with Gasteiger partial charge in [-0.2, -0.15) is 4.31 Å². The van der Waals surface area contributed by atoms with Gasteiger partial charge in [0.1, 0.15) is 4.90 Å². The van der Waals surface area contributed by atoms with E-state index < -0.39 is 14.9 Å². The van der Waals surface area contributed by atoms with E-state index in [2.05, 4.69) is 9.88 Å². The maximum atomic E-state index is 12.7. The van der Waals surface area contributed by atoms with Gasteiger partial charge < -0.3 is 4.90 Å². The predicted octanol–water partition coefficient (Wildman–Crippen LogP) is 2.78. The second-order valence-electron chi connectivity index (χ2n) is 6.65. The molecule has 150 valence electrons. The van der Waals surface area contributed by atoms with E-state index in [1.54, 1.807) is 24.3 Å². The molecule has 10 heteroatoms. The van der Waals surface area contributed by atoms with E-state index in [0.29, 0.717) is 31.2 Å². The molecule has 0 bridgehead atoms. The first-order chi connectivity index (χ1) is 13.3. The quantitative estimate of drug-likeness (QED) is 0.401. The molecule has 0 N–H and O–H groups in total. The van der Waals surface area contributed by atoms with Crippen LogP contribution in [-0.4, -0.2) is 60.8 Å². The van der Waals surface area contributed by atoms with Crippen LogP contribution in [0.25, 0.3) is 0 Å². The number of pyridine rings is 1. The summed E-state index contributed by atoms with van der Waals surface area (Å²) in [7, 11) is -1.57. The molecular weight excluding hydrogens is 400 g/mol. The zero-order valence-electron chi connectivity index (χ0n) is 15.7. The molecule has 0 spiro atoms. The average molecular weight is 423 g/mol. The standard InChI is InChI=1S/C18H22N4O4S2/c1-14(15-4-3-5-16(12-15)22(23)24)27-18-7-6-17(13-19-18)28(25,26)21-10-8-20(2)9-11-21/h3-7,12-14H,8-11H2,1-2H3/t14-/m1/s1. The van der Waals surface area contributed by atoms with Gasteiger partial charge in [0, 0.05) is 49.8 Å².